The molecule has 0 saturated carbocycles. The number of aliphatic carboxylic acids is 1. The van der Waals surface area contributed by atoms with Crippen LogP contribution in [0.5, 0.6) is 0 Å². The van der Waals surface area contributed by atoms with Gasteiger partial charge in [0.15, 0.2) is 0 Å². The average Bonchev–Trinajstić information content (AvgIpc) is 2.70. The standard InChI is InChI=1S/C17H24ClNO2/c18-15-10-8-14(9-11-15)16-6-2-1-4-12-19(16)13-5-3-7-17(20)21/h8-11,16H,1-7,12-13H2,(H,20,21). The van der Waals surface area contributed by atoms with Crippen LogP contribution in [0.1, 0.15) is 56.6 Å². The molecule has 1 heterocycles. The highest BCUT2D eigenvalue weighted by atomic mass is 35.5. The van der Waals surface area contributed by atoms with Crippen LogP contribution >= 0.6 is 11.6 Å². The molecule has 0 aromatic heterocycles. The minimum atomic E-state index is -0.694. The largest absolute Gasteiger partial charge is 0.481 e. The Labute approximate surface area is 131 Å². The van der Waals surface area contributed by atoms with Crippen LogP contribution in [0.4, 0.5) is 0 Å². The van der Waals surface area contributed by atoms with E-state index in [0.29, 0.717) is 6.04 Å². The second kappa shape index (κ2) is 8.40. The highest BCUT2D eigenvalue weighted by Gasteiger charge is 2.22. The van der Waals surface area contributed by atoms with Crippen molar-refractivity contribution in [1.29, 1.82) is 0 Å². The van der Waals surface area contributed by atoms with Crippen molar-refractivity contribution in [2.45, 2.75) is 51.0 Å². The maximum absolute atomic E-state index is 10.6. The van der Waals surface area contributed by atoms with Gasteiger partial charge in [0.1, 0.15) is 0 Å². The van der Waals surface area contributed by atoms with Gasteiger partial charge in [-0.15, -0.1) is 0 Å². The van der Waals surface area contributed by atoms with Crippen molar-refractivity contribution in [3.8, 4) is 0 Å². The van der Waals surface area contributed by atoms with E-state index in [1.165, 1.54) is 31.2 Å². The van der Waals surface area contributed by atoms with E-state index in [9.17, 15) is 4.79 Å². The molecule has 0 spiro atoms. The van der Waals surface area contributed by atoms with Crippen LogP contribution in [0.2, 0.25) is 5.02 Å². The molecule has 1 fully saturated rings. The third-order valence-corrected chi connectivity index (χ3v) is 4.46. The molecule has 2 rings (SSSR count). The van der Waals surface area contributed by atoms with Crippen LogP contribution in [0, 0.1) is 0 Å². The van der Waals surface area contributed by atoms with Gasteiger partial charge in [0.2, 0.25) is 0 Å². The van der Waals surface area contributed by atoms with Gasteiger partial charge in [-0.3, -0.25) is 9.69 Å². The van der Waals surface area contributed by atoms with Gasteiger partial charge < -0.3 is 5.11 Å². The summed E-state index contributed by atoms with van der Waals surface area (Å²) in [5.41, 5.74) is 1.33. The van der Waals surface area contributed by atoms with E-state index in [0.717, 1.165) is 31.0 Å². The molecule has 1 unspecified atom stereocenters. The van der Waals surface area contributed by atoms with Crippen molar-refractivity contribution in [3.63, 3.8) is 0 Å². The number of carbonyl (C=O) groups is 1. The molecular weight excluding hydrogens is 286 g/mol. The van der Waals surface area contributed by atoms with Crippen molar-refractivity contribution in [3.05, 3.63) is 34.9 Å². The van der Waals surface area contributed by atoms with E-state index in [-0.39, 0.29) is 6.42 Å². The molecule has 0 aliphatic carbocycles. The van der Waals surface area contributed by atoms with Crippen LogP contribution in [0.15, 0.2) is 24.3 Å². The van der Waals surface area contributed by atoms with E-state index < -0.39 is 5.97 Å². The highest BCUT2D eigenvalue weighted by Crippen LogP contribution is 2.31. The number of rotatable bonds is 6. The van der Waals surface area contributed by atoms with Crippen molar-refractivity contribution in [2.75, 3.05) is 13.1 Å². The second-order valence-corrected chi connectivity index (χ2v) is 6.24. The second-order valence-electron chi connectivity index (χ2n) is 5.80. The first-order valence-corrected chi connectivity index (χ1v) is 8.26. The Morgan fingerprint density at radius 1 is 1.19 bits per heavy atom. The molecule has 116 valence electrons. The maximum Gasteiger partial charge on any atom is 0.303 e. The summed E-state index contributed by atoms with van der Waals surface area (Å²) in [6, 6.07) is 8.63. The van der Waals surface area contributed by atoms with E-state index in [1.807, 2.05) is 12.1 Å². The molecule has 3 nitrogen and oxygen atoms in total. The van der Waals surface area contributed by atoms with Gasteiger partial charge in [-0.25, -0.2) is 0 Å². The Bertz CT molecular complexity index is 447. The van der Waals surface area contributed by atoms with Crippen LogP contribution in [0.25, 0.3) is 0 Å². The molecule has 1 aliphatic heterocycles. The lowest BCUT2D eigenvalue weighted by Crippen LogP contribution is -2.29. The fourth-order valence-electron chi connectivity index (χ4n) is 3.09. The lowest BCUT2D eigenvalue weighted by atomic mass is 10.0. The zero-order valence-corrected chi connectivity index (χ0v) is 13.2. The zero-order chi connectivity index (χ0) is 15.1. The smallest absolute Gasteiger partial charge is 0.303 e. The molecule has 1 N–H and O–H groups in total. The average molecular weight is 310 g/mol. The Morgan fingerprint density at radius 2 is 1.95 bits per heavy atom. The number of carboxylic acid groups (broad SMARTS) is 1. The molecule has 1 aromatic rings. The summed E-state index contributed by atoms with van der Waals surface area (Å²) in [6.07, 6.45) is 6.97. The number of halogens is 1. The third-order valence-electron chi connectivity index (χ3n) is 4.20. The van der Waals surface area contributed by atoms with Crippen LogP contribution < -0.4 is 0 Å². The van der Waals surface area contributed by atoms with Gasteiger partial charge >= 0.3 is 5.97 Å². The number of carboxylic acids is 1. The summed E-state index contributed by atoms with van der Waals surface area (Å²) < 4.78 is 0. The first kappa shape index (κ1) is 16.3. The van der Waals surface area contributed by atoms with Gasteiger partial charge in [-0.2, -0.15) is 0 Å². The number of likely N-dealkylation sites (tertiary alicyclic amines) is 1. The van der Waals surface area contributed by atoms with E-state index in [2.05, 4.69) is 17.0 Å². The lowest BCUT2D eigenvalue weighted by Gasteiger charge is -2.30. The van der Waals surface area contributed by atoms with Crippen LogP contribution in [0.3, 0.4) is 0 Å². The summed E-state index contributed by atoms with van der Waals surface area (Å²) in [7, 11) is 0. The topological polar surface area (TPSA) is 40.5 Å². The molecule has 21 heavy (non-hydrogen) atoms. The highest BCUT2D eigenvalue weighted by molar-refractivity contribution is 6.30. The van der Waals surface area contributed by atoms with Gasteiger partial charge in [0.05, 0.1) is 0 Å². The first-order valence-electron chi connectivity index (χ1n) is 7.88. The molecule has 0 amide bonds. The van der Waals surface area contributed by atoms with Gasteiger partial charge in [-0.05, 0) is 56.5 Å². The molecule has 0 bridgehead atoms. The van der Waals surface area contributed by atoms with Crippen molar-refractivity contribution >= 4 is 17.6 Å². The normalized spacial score (nSPS) is 20.1. The zero-order valence-electron chi connectivity index (χ0n) is 12.4. The molecule has 1 aliphatic rings. The SMILES string of the molecule is O=C(O)CCCCN1CCCCCC1c1ccc(Cl)cc1. The minimum absolute atomic E-state index is 0.277. The molecule has 1 atom stereocenters. The van der Waals surface area contributed by atoms with Crippen molar-refractivity contribution < 1.29 is 9.90 Å². The number of unbranched alkanes of at least 4 members (excludes halogenated alkanes) is 1. The van der Waals surface area contributed by atoms with Gasteiger partial charge in [0, 0.05) is 17.5 Å². The Kier molecular flexibility index (Phi) is 6.52. The van der Waals surface area contributed by atoms with Crippen molar-refractivity contribution in [2.24, 2.45) is 0 Å². The molecule has 1 saturated heterocycles. The molecule has 1 aromatic carbocycles. The summed E-state index contributed by atoms with van der Waals surface area (Å²) in [5, 5.41) is 9.50. The summed E-state index contributed by atoms with van der Waals surface area (Å²) in [6.45, 7) is 2.10. The number of benzene rings is 1. The monoisotopic (exact) mass is 309 g/mol. The number of nitrogens with zero attached hydrogens (tertiary/aromatic N) is 1. The summed E-state index contributed by atoms with van der Waals surface area (Å²) in [4.78, 5) is 13.1. The Balaban J connectivity index is 1.97. The van der Waals surface area contributed by atoms with E-state index >= 15 is 0 Å². The molecular formula is C17H24ClNO2. The maximum atomic E-state index is 10.6. The van der Waals surface area contributed by atoms with Crippen LogP contribution in [-0.4, -0.2) is 29.1 Å². The fraction of sp³-hybridized carbons (Fsp3) is 0.588. The molecule has 4 heteroatoms. The Morgan fingerprint density at radius 3 is 2.67 bits per heavy atom. The predicted molar refractivity (Wildman–Crippen MR) is 85.7 cm³/mol. The lowest BCUT2D eigenvalue weighted by molar-refractivity contribution is -0.137. The number of hydrogen-bond donors (Lipinski definition) is 1. The first-order chi connectivity index (χ1) is 10.2. The van der Waals surface area contributed by atoms with Gasteiger partial charge in [0.25, 0.3) is 0 Å². The van der Waals surface area contributed by atoms with E-state index in [4.69, 9.17) is 16.7 Å². The Hall–Kier alpha value is -1.06. The quantitative estimate of drug-likeness (QED) is 0.786. The van der Waals surface area contributed by atoms with Gasteiger partial charge in [-0.1, -0.05) is 36.6 Å². The molecule has 0 radical (unpaired) electrons. The summed E-state index contributed by atoms with van der Waals surface area (Å²) in [5.74, 6) is -0.694. The van der Waals surface area contributed by atoms with Crippen molar-refractivity contribution in [1.82, 2.24) is 4.90 Å². The summed E-state index contributed by atoms with van der Waals surface area (Å²) >= 11 is 5.98. The minimum Gasteiger partial charge on any atom is -0.481 e. The third kappa shape index (κ3) is 5.33. The van der Waals surface area contributed by atoms with Crippen LogP contribution in [-0.2, 0) is 4.79 Å². The number of hydrogen-bond acceptors (Lipinski definition) is 2. The van der Waals surface area contributed by atoms with E-state index in [1.54, 1.807) is 0 Å². The predicted octanol–water partition coefficient (Wildman–Crippen LogP) is 4.51. The fourth-order valence-corrected chi connectivity index (χ4v) is 3.21.